The van der Waals surface area contributed by atoms with Crippen LogP contribution in [0.4, 0.5) is 4.39 Å². The summed E-state index contributed by atoms with van der Waals surface area (Å²) >= 11 is 0. The summed E-state index contributed by atoms with van der Waals surface area (Å²) in [6.07, 6.45) is 4.96. The van der Waals surface area contributed by atoms with Crippen LogP contribution in [-0.2, 0) is 7.05 Å². The summed E-state index contributed by atoms with van der Waals surface area (Å²) in [5.41, 5.74) is 1.03. The molecule has 0 atom stereocenters. The molecule has 4 nitrogen and oxygen atoms in total. The van der Waals surface area contributed by atoms with Crippen LogP contribution in [0, 0.1) is 0 Å². The van der Waals surface area contributed by atoms with Crippen molar-refractivity contribution >= 4 is 11.7 Å². The van der Waals surface area contributed by atoms with Gasteiger partial charge in [0.15, 0.2) is 5.97 Å². The number of halogens is 1. The Labute approximate surface area is 86.2 Å². The van der Waals surface area contributed by atoms with Gasteiger partial charge < -0.3 is 4.57 Å². The Balaban J connectivity index is 2.27. The third-order valence-electron chi connectivity index (χ3n) is 2.30. The summed E-state index contributed by atoms with van der Waals surface area (Å²) in [5.74, 6) is -0.553. The summed E-state index contributed by atoms with van der Waals surface area (Å²) in [6.45, 7) is 0. The van der Waals surface area contributed by atoms with E-state index in [0.29, 0.717) is 17.7 Å². The molecule has 5 heteroatoms. The van der Waals surface area contributed by atoms with E-state index in [1.807, 2.05) is 0 Å². The molecule has 0 bridgehead atoms. The number of aromatic nitrogens is 2. The van der Waals surface area contributed by atoms with Gasteiger partial charge in [-0.15, -0.1) is 0 Å². The maximum Gasteiger partial charge on any atom is 0.208 e. The minimum Gasteiger partial charge on any atom is -0.331 e. The second kappa shape index (κ2) is 3.76. The number of aliphatic imine (C=N–C) groups is 1. The maximum absolute atomic E-state index is 12.6. The highest BCUT2D eigenvalue weighted by molar-refractivity contribution is 6.08. The first-order valence-electron chi connectivity index (χ1n) is 4.60. The van der Waals surface area contributed by atoms with Crippen LogP contribution in [0.3, 0.4) is 0 Å². The molecule has 15 heavy (non-hydrogen) atoms. The lowest BCUT2D eigenvalue weighted by Gasteiger charge is -2.08. The van der Waals surface area contributed by atoms with E-state index < -0.39 is 5.97 Å². The van der Waals surface area contributed by atoms with Crippen LogP contribution < -0.4 is 0 Å². The van der Waals surface area contributed by atoms with Gasteiger partial charge in [-0.05, 0) is 6.42 Å². The highest BCUT2D eigenvalue weighted by Crippen LogP contribution is 2.17. The predicted octanol–water partition coefficient (Wildman–Crippen LogP) is 1.65. The van der Waals surface area contributed by atoms with Crippen LogP contribution in [0.2, 0.25) is 0 Å². The fourth-order valence-electron chi connectivity index (χ4n) is 1.43. The van der Waals surface area contributed by atoms with Gasteiger partial charge in [0.05, 0.1) is 12.5 Å². The van der Waals surface area contributed by atoms with Gasteiger partial charge in [-0.1, -0.05) is 0 Å². The second-order valence-corrected chi connectivity index (χ2v) is 3.38. The molecule has 1 aliphatic heterocycles. The summed E-state index contributed by atoms with van der Waals surface area (Å²) in [7, 11) is 1.74. The Morgan fingerprint density at radius 2 is 2.33 bits per heavy atom. The number of imidazole rings is 1. The molecule has 1 aromatic heterocycles. The average molecular weight is 207 g/mol. The van der Waals surface area contributed by atoms with Gasteiger partial charge >= 0.3 is 0 Å². The van der Waals surface area contributed by atoms with E-state index in [-0.39, 0.29) is 12.2 Å². The molecule has 2 heterocycles. The molecule has 1 aromatic rings. The number of carbonyl (C=O) groups excluding carboxylic acids is 1. The predicted molar refractivity (Wildman–Crippen MR) is 53.4 cm³/mol. The number of hydrogen-bond acceptors (Lipinski definition) is 3. The SMILES string of the molecule is Cn1cncc1C(=O)C1=CN=C(F)CC1. The molecular formula is C10H10FN3O. The van der Waals surface area contributed by atoms with Crippen LogP contribution in [-0.4, -0.2) is 21.3 Å². The van der Waals surface area contributed by atoms with Crippen LogP contribution >= 0.6 is 0 Å². The van der Waals surface area contributed by atoms with Crippen LogP contribution in [0.15, 0.2) is 29.3 Å². The molecule has 1 aliphatic rings. The van der Waals surface area contributed by atoms with Crippen LogP contribution in [0.5, 0.6) is 0 Å². The smallest absolute Gasteiger partial charge is 0.208 e. The van der Waals surface area contributed by atoms with Crippen LogP contribution in [0.25, 0.3) is 0 Å². The summed E-state index contributed by atoms with van der Waals surface area (Å²) in [4.78, 5) is 19.2. The van der Waals surface area contributed by atoms with Crippen molar-refractivity contribution in [3.05, 3.63) is 30.0 Å². The van der Waals surface area contributed by atoms with Crippen molar-refractivity contribution in [3.8, 4) is 0 Å². The van der Waals surface area contributed by atoms with Gasteiger partial charge in [0, 0.05) is 25.2 Å². The van der Waals surface area contributed by atoms with E-state index in [1.54, 1.807) is 17.9 Å². The molecule has 0 fully saturated rings. The molecule has 0 saturated heterocycles. The molecule has 0 spiro atoms. The molecule has 0 aliphatic carbocycles. The Hall–Kier alpha value is -1.78. The van der Waals surface area contributed by atoms with E-state index in [4.69, 9.17) is 0 Å². The van der Waals surface area contributed by atoms with Crippen molar-refractivity contribution in [1.29, 1.82) is 0 Å². The zero-order valence-electron chi connectivity index (χ0n) is 8.27. The largest absolute Gasteiger partial charge is 0.331 e. The minimum atomic E-state index is -0.420. The van der Waals surface area contributed by atoms with Gasteiger partial charge in [0.25, 0.3) is 0 Å². The second-order valence-electron chi connectivity index (χ2n) is 3.38. The fraction of sp³-hybridized carbons (Fsp3) is 0.300. The first-order chi connectivity index (χ1) is 7.18. The first kappa shape index (κ1) is 9.76. The number of nitrogens with zero attached hydrogens (tertiary/aromatic N) is 3. The monoisotopic (exact) mass is 207 g/mol. The van der Waals surface area contributed by atoms with E-state index in [2.05, 4.69) is 9.98 Å². The average Bonchev–Trinajstić information content (AvgIpc) is 2.65. The number of Topliss-reactive ketones (excluding diaryl/α,β-unsaturated/α-hetero) is 1. The van der Waals surface area contributed by atoms with Gasteiger partial charge in [-0.25, -0.2) is 9.98 Å². The number of carbonyl (C=O) groups is 1. The van der Waals surface area contributed by atoms with Gasteiger partial charge in [-0.3, -0.25) is 4.79 Å². The summed E-state index contributed by atoms with van der Waals surface area (Å²) < 4.78 is 14.3. The topological polar surface area (TPSA) is 47.2 Å². The Morgan fingerprint density at radius 3 is 2.87 bits per heavy atom. The zero-order chi connectivity index (χ0) is 10.8. The molecule has 78 valence electrons. The lowest BCUT2D eigenvalue weighted by atomic mass is 10.0. The van der Waals surface area contributed by atoms with Crippen molar-refractivity contribution in [3.63, 3.8) is 0 Å². The summed E-state index contributed by atoms with van der Waals surface area (Å²) in [5, 5.41) is 0. The Kier molecular flexibility index (Phi) is 2.45. The van der Waals surface area contributed by atoms with Crippen molar-refractivity contribution in [2.75, 3.05) is 0 Å². The zero-order valence-corrected chi connectivity index (χ0v) is 8.27. The van der Waals surface area contributed by atoms with E-state index in [9.17, 15) is 9.18 Å². The molecule has 0 N–H and O–H groups in total. The third-order valence-corrected chi connectivity index (χ3v) is 2.30. The molecule has 0 saturated carbocycles. The van der Waals surface area contributed by atoms with E-state index >= 15 is 0 Å². The number of rotatable bonds is 2. The lowest BCUT2D eigenvalue weighted by Crippen LogP contribution is -2.11. The van der Waals surface area contributed by atoms with Gasteiger partial charge in [-0.2, -0.15) is 4.39 Å². The number of ketones is 1. The Morgan fingerprint density at radius 1 is 1.53 bits per heavy atom. The van der Waals surface area contributed by atoms with Crippen molar-refractivity contribution in [1.82, 2.24) is 9.55 Å². The van der Waals surface area contributed by atoms with E-state index in [0.717, 1.165) is 0 Å². The molecule has 0 radical (unpaired) electrons. The van der Waals surface area contributed by atoms with Crippen molar-refractivity contribution in [2.45, 2.75) is 12.8 Å². The highest BCUT2D eigenvalue weighted by atomic mass is 19.1. The molecule has 0 aromatic carbocycles. The molecular weight excluding hydrogens is 197 g/mol. The third kappa shape index (κ3) is 1.86. The number of hydrogen-bond donors (Lipinski definition) is 0. The van der Waals surface area contributed by atoms with Crippen LogP contribution in [0.1, 0.15) is 23.3 Å². The minimum absolute atomic E-state index is 0.133. The molecule has 2 rings (SSSR count). The summed E-state index contributed by atoms with van der Waals surface area (Å²) in [6, 6.07) is 0. The first-order valence-corrected chi connectivity index (χ1v) is 4.60. The lowest BCUT2D eigenvalue weighted by molar-refractivity contribution is 0.102. The number of aryl methyl sites for hydroxylation is 1. The standard InChI is InChI=1S/C10H10FN3O/c1-14-6-12-5-8(14)10(15)7-2-3-9(11)13-4-7/h4-6H,2-3H2,1H3. The maximum atomic E-state index is 12.6. The van der Waals surface area contributed by atoms with Crippen molar-refractivity contribution < 1.29 is 9.18 Å². The fourth-order valence-corrected chi connectivity index (χ4v) is 1.43. The normalized spacial score (nSPS) is 15.9. The molecule has 0 amide bonds. The number of allylic oxidation sites excluding steroid dienone is 1. The molecule has 0 unspecified atom stereocenters. The Bertz CT molecular complexity index is 459. The van der Waals surface area contributed by atoms with E-state index in [1.165, 1.54) is 12.4 Å². The highest BCUT2D eigenvalue weighted by Gasteiger charge is 2.18. The van der Waals surface area contributed by atoms with Gasteiger partial charge in [0.2, 0.25) is 5.78 Å². The quantitative estimate of drug-likeness (QED) is 0.692. The van der Waals surface area contributed by atoms with Gasteiger partial charge in [0.1, 0.15) is 5.69 Å². The van der Waals surface area contributed by atoms with Crippen molar-refractivity contribution in [2.24, 2.45) is 12.0 Å².